The topological polar surface area (TPSA) is 15.6 Å². The van der Waals surface area contributed by atoms with Gasteiger partial charge in [-0.3, -0.25) is 4.99 Å². The fraction of sp³-hybridized carbons (Fsp3) is 0.286. The van der Waals surface area contributed by atoms with Crippen LogP contribution in [-0.4, -0.2) is 25.2 Å². The summed E-state index contributed by atoms with van der Waals surface area (Å²) < 4.78 is 0. The first-order valence-corrected chi connectivity index (χ1v) is 2.88. The summed E-state index contributed by atoms with van der Waals surface area (Å²) >= 11 is 0. The second kappa shape index (κ2) is 2.49. The Bertz CT molecular complexity index is 161. The van der Waals surface area contributed by atoms with Crippen LogP contribution in [0.3, 0.4) is 0 Å². The number of nitrogens with zero attached hydrogens (tertiary/aromatic N) is 2. The van der Waals surface area contributed by atoms with Crippen molar-refractivity contribution in [3.8, 4) is 0 Å². The van der Waals surface area contributed by atoms with Gasteiger partial charge in [0.15, 0.2) is 0 Å². The molecule has 48 valence electrons. The summed E-state index contributed by atoms with van der Waals surface area (Å²) in [7, 11) is 3.96. The summed E-state index contributed by atoms with van der Waals surface area (Å²) in [4.78, 5) is 6.03. The average Bonchev–Trinajstić information content (AvgIpc) is 2.15. The Balaban J connectivity index is 2.62. The van der Waals surface area contributed by atoms with Crippen molar-refractivity contribution >= 4 is 6.21 Å². The van der Waals surface area contributed by atoms with E-state index in [-0.39, 0.29) is 0 Å². The van der Waals surface area contributed by atoms with Crippen LogP contribution in [0.4, 0.5) is 0 Å². The maximum absolute atomic E-state index is 4.06. The Morgan fingerprint density at radius 3 is 2.78 bits per heavy atom. The van der Waals surface area contributed by atoms with Gasteiger partial charge in [0.2, 0.25) is 0 Å². The Morgan fingerprint density at radius 1 is 1.56 bits per heavy atom. The summed E-state index contributed by atoms with van der Waals surface area (Å²) in [5.41, 5.74) is 1.01. The van der Waals surface area contributed by atoms with Gasteiger partial charge in [0.05, 0.1) is 5.70 Å². The molecule has 0 unspecified atom stereocenters. The predicted molar refractivity (Wildman–Crippen MR) is 39.4 cm³/mol. The Morgan fingerprint density at radius 2 is 2.33 bits per heavy atom. The summed E-state index contributed by atoms with van der Waals surface area (Å²) in [6.45, 7) is 0. The minimum absolute atomic E-state index is 1.01. The van der Waals surface area contributed by atoms with Crippen molar-refractivity contribution in [1.29, 1.82) is 0 Å². The van der Waals surface area contributed by atoms with E-state index in [4.69, 9.17) is 0 Å². The van der Waals surface area contributed by atoms with Crippen LogP contribution < -0.4 is 0 Å². The zero-order valence-electron chi connectivity index (χ0n) is 5.70. The van der Waals surface area contributed by atoms with Crippen molar-refractivity contribution in [1.82, 2.24) is 4.90 Å². The zero-order chi connectivity index (χ0) is 6.69. The van der Waals surface area contributed by atoms with Crippen molar-refractivity contribution in [3.05, 3.63) is 24.0 Å². The quantitative estimate of drug-likeness (QED) is 0.507. The third-order valence-corrected chi connectivity index (χ3v) is 0.967. The van der Waals surface area contributed by atoms with E-state index < -0.39 is 0 Å². The van der Waals surface area contributed by atoms with Gasteiger partial charge < -0.3 is 4.90 Å². The van der Waals surface area contributed by atoms with Crippen LogP contribution in [-0.2, 0) is 0 Å². The van der Waals surface area contributed by atoms with Gasteiger partial charge in [0.25, 0.3) is 0 Å². The lowest BCUT2D eigenvalue weighted by atomic mass is 10.4. The van der Waals surface area contributed by atoms with Gasteiger partial charge in [-0.1, -0.05) is 0 Å². The number of aliphatic imine (C=N–C) groups is 1. The molecule has 0 radical (unpaired) electrons. The van der Waals surface area contributed by atoms with E-state index >= 15 is 0 Å². The lowest BCUT2D eigenvalue weighted by molar-refractivity contribution is 0.559. The lowest BCUT2D eigenvalue weighted by Gasteiger charge is -2.02. The van der Waals surface area contributed by atoms with Crippen LogP contribution in [0.5, 0.6) is 0 Å². The molecule has 2 heteroatoms. The molecule has 1 heterocycles. The fourth-order valence-electron chi connectivity index (χ4n) is 0.655. The van der Waals surface area contributed by atoms with Gasteiger partial charge in [-0.05, 0) is 12.2 Å². The number of hydrogen-bond acceptors (Lipinski definition) is 2. The Hall–Kier alpha value is -1.05. The normalized spacial score (nSPS) is 19.6. The second-order valence-electron chi connectivity index (χ2n) is 2.15. The molecule has 0 fully saturated rings. The van der Waals surface area contributed by atoms with Crippen molar-refractivity contribution in [3.63, 3.8) is 0 Å². The first-order chi connectivity index (χ1) is 4.29. The van der Waals surface area contributed by atoms with Crippen LogP contribution in [0, 0.1) is 0 Å². The van der Waals surface area contributed by atoms with Gasteiger partial charge >= 0.3 is 0 Å². The summed E-state index contributed by atoms with van der Waals surface area (Å²) in [5.74, 6) is 0. The summed E-state index contributed by atoms with van der Waals surface area (Å²) in [5, 5.41) is 0. The van der Waals surface area contributed by atoms with E-state index in [1.165, 1.54) is 0 Å². The average molecular weight is 122 g/mol. The molecule has 2 nitrogen and oxygen atoms in total. The second-order valence-corrected chi connectivity index (χ2v) is 2.15. The summed E-state index contributed by atoms with van der Waals surface area (Å²) in [6.07, 6.45) is 7.66. The molecule has 0 saturated heterocycles. The molecule has 0 aromatic heterocycles. The molecule has 0 atom stereocenters. The van der Waals surface area contributed by atoms with E-state index in [1.807, 2.05) is 37.3 Å². The molecular weight excluding hydrogens is 112 g/mol. The van der Waals surface area contributed by atoms with Crippen LogP contribution >= 0.6 is 0 Å². The van der Waals surface area contributed by atoms with Gasteiger partial charge in [0.1, 0.15) is 0 Å². The van der Waals surface area contributed by atoms with Crippen molar-refractivity contribution < 1.29 is 0 Å². The van der Waals surface area contributed by atoms with Crippen molar-refractivity contribution in [2.45, 2.75) is 0 Å². The Labute approximate surface area is 55.2 Å². The molecule has 9 heavy (non-hydrogen) atoms. The van der Waals surface area contributed by atoms with Crippen LogP contribution in [0.2, 0.25) is 0 Å². The molecule has 0 N–H and O–H groups in total. The highest BCUT2D eigenvalue weighted by atomic mass is 15.0. The molecule has 0 aromatic rings. The molecule has 0 aliphatic carbocycles. The number of hydrogen-bond donors (Lipinski definition) is 0. The van der Waals surface area contributed by atoms with E-state index in [1.54, 1.807) is 6.21 Å². The van der Waals surface area contributed by atoms with Crippen molar-refractivity contribution in [2.75, 3.05) is 14.1 Å². The number of allylic oxidation sites excluding steroid dienone is 2. The molecule has 0 spiro atoms. The Kier molecular flexibility index (Phi) is 1.68. The van der Waals surface area contributed by atoms with E-state index in [0.717, 1.165) is 5.70 Å². The lowest BCUT2D eigenvalue weighted by Crippen LogP contribution is -2.00. The van der Waals surface area contributed by atoms with E-state index in [9.17, 15) is 0 Å². The van der Waals surface area contributed by atoms with Gasteiger partial charge in [-0.2, -0.15) is 0 Å². The van der Waals surface area contributed by atoms with Crippen LogP contribution in [0.1, 0.15) is 0 Å². The highest BCUT2D eigenvalue weighted by Gasteiger charge is 1.90. The zero-order valence-corrected chi connectivity index (χ0v) is 5.70. The first kappa shape index (κ1) is 6.08. The highest BCUT2D eigenvalue weighted by Crippen LogP contribution is 2.03. The molecule has 0 amide bonds. The van der Waals surface area contributed by atoms with Crippen LogP contribution in [0.25, 0.3) is 0 Å². The molecule has 0 saturated carbocycles. The van der Waals surface area contributed by atoms with E-state index in [0.29, 0.717) is 0 Å². The smallest absolute Gasteiger partial charge is 0.0788 e. The molecular formula is C7H10N2. The van der Waals surface area contributed by atoms with Crippen molar-refractivity contribution in [2.24, 2.45) is 4.99 Å². The molecule has 1 aliphatic rings. The predicted octanol–water partition coefficient (Wildman–Crippen LogP) is 1.03. The fourth-order valence-corrected chi connectivity index (χ4v) is 0.655. The highest BCUT2D eigenvalue weighted by molar-refractivity contribution is 5.76. The SMILES string of the molecule is CN(C)/C=C1/C=CC=N1. The monoisotopic (exact) mass is 122 g/mol. The summed E-state index contributed by atoms with van der Waals surface area (Å²) in [6, 6.07) is 0. The minimum atomic E-state index is 1.01. The molecule has 1 rings (SSSR count). The molecule has 0 aromatic carbocycles. The number of rotatable bonds is 1. The maximum atomic E-state index is 4.06. The largest absolute Gasteiger partial charge is 0.382 e. The first-order valence-electron chi connectivity index (χ1n) is 2.88. The molecule has 1 aliphatic heterocycles. The third kappa shape index (κ3) is 1.72. The van der Waals surface area contributed by atoms with Gasteiger partial charge in [-0.15, -0.1) is 0 Å². The molecule has 0 bridgehead atoms. The standard InChI is InChI=1S/C7H10N2/c1-9(2)6-7-4-3-5-8-7/h3-6H,1-2H3/b7-6-. The third-order valence-electron chi connectivity index (χ3n) is 0.967. The minimum Gasteiger partial charge on any atom is -0.382 e. The van der Waals surface area contributed by atoms with Gasteiger partial charge in [-0.25, -0.2) is 0 Å². The maximum Gasteiger partial charge on any atom is 0.0788 e. The van der Waals surface area contributed by atoms with Gasteiger partial charge in [0, 0.05) is 26.5 Å². The van der Waals surface area contributed by atoms with E-state index in [2.05, 4.69) is 4.99 Å². The van der Waals surface area contributed by atoms with Crippen LogP contribution in [0.15, 0.2) is 29.0 Å².